The first-order chi connectivity index (χ1) is 7.93. The van der Waals surface area contributed by atoms with Crippen LogP contribution in [0.4, 0.5) is 5.69 Å². The molecule has 0 aliphatic carbocycles. The van der Waals surface area contributed by atoms with Crippen molar-refractivity contribution >= 4 is 5.69 Å². The number of ether oxygens (including phenoxy) is 2. The van der Waals surface area contributed by atoms with Gasteiger partial charge in [0.15, 0.2) is 0 Å². The van der Waals surface area contributed by atoms with Crippen molar-refractivity contribution in [2.75, 3.05) is 44.8 Å². The van der Waals surface area contributed by atoms with Gasteiger partial charge in [0, 0.05) is 18.8 Å². The van der Waals surface area contributed by atoms with Gasteiger partial charge in [-0.05, 0) is 12.1 Å². The molecule has 0 aromatic heterocycles. The first-order valence-electron chi connectivity index (χ1n) is 5.58. The molecule has 0 heterocycles. The lowest BCUT2D eigenvalue weighted by atomic mass is 10.3. The first kappa shape index (κ1) is 13.0. The number of nitrogens with one attached hydrogen (secondary N) is 1. The molecule has 0 spiro atoms. The summed E-state index contributed by atoms with van der Waals surface area (Å²) in [6.07, 6.45) is 0. The van der Waals surface area contributed by atoms with Crippen LogP contribution in [0.3, 0.4) is 0 Å². The highest BCUT2D eigenvalue weighted by molar-refractivity contribution is 5.42. The maximum Gasteiger partial charge on any atom is 0.0701 e. The Morgan fingerprint density at radius 2 is 1.62 bits per heavy atom. The van der Waals surface area contributed by atoms with Crippen LogP contribution in [0, 0.1) is 0 Å². The average Bonchev–Trinajstić information content (AvgIpc) is 2.34. The molecule has 1 aromatic carbocycles. The fourth-order valence-electron chi connectivity index (χ4n) is 1.23. The summed E-state index contributed by atoms with van der Waals surface area (Å²) in [6.45, 7) is 3.89. The summed E-state index contributed by atoms with van der Waals surface area (Å²) in [4.78, 5) is 0. The zero-order valence-electron chi connectivity index (χ0n) is 9.52. The molecule has 0 saturated heterocycles. The van der Waals surface area contributed by atoms with Crippen LogP contribution in [0.2, 0.25) is 0 Å². The van der Waals surface area contributed by atoms with E-state index in [1.54, 1.807) is 0 Å². The van der Waals surface area contributed by atoms with Gasteiger partial charge in [-0.2, -0.15) is 0 Å². The zero-order chi connectivity index (χ0) is 11.5. The Labute approximate surface area is 96.7 Å². The van der Waals surface area contributed by atoms with Gasteiger partial charge in [-0.25, -0.2) is 0 Å². The van der Waals surface area contributed by atoms with Crippen molar-refractivity contribution in [3.05, 3.63) is 30.3 Å². The van der Waals surface area contributed by atoms with Crippen LogP contribution in [0.25, 0.3) is 0 Å². The van der Waals surface area contributed by atoms with Crippen molar-refractivity contribution in [2.45, 2.75) is 0 Å². The van der Waals surface area contributed by atoms with E-state index in [0.717, 1.165) is 12.2 Å². The van der Waals surface area contributed by atoms with E-state index in [2.05, 4.69) is 5.32 Å². The lowest BCUT2D eigenvalue weighted by Crippen LogP contribution is -2.14. The molecule has 0 aliphatic heterocycles. The minimum atomic E-state index is 0.565. The number of anilines is 1. The number of para-hydroxylation sites is 1. The summed E-state index contributed by atoms with van der Waals surface area (Å²) in [5.74, 6) is 0. The molecule has 1 aromatic rings. The molecule has 0 unspecified atom stereocenters. The number of hydrogen-bond acceptors (Lipinski definition) is 4. The summed E-state index contributed by atoms with van der Waals surface area (Å²) in [7, 11) is 0. The molecule has 0 bridgehead atoms. The second-order valence-electron chi connectivity index (χ2n) is 3.31. The van der Waals surface area contributed by atoms with E-state index < -0.39 is 0 Å². The molecule has 0 radical (unpaired) electrons. The molecule has 0 amide bonds. The monoisotopic (exact) mass is 224 g/mol. The third kappa shape index (κ3) is 6.40. The van der Waals surface area contributed by atoms with Crippen molar-refractivity contribution in [1.29, 1.82) is 0 Å². The highest BCUT2D eigenvalue weighted by Gasteiger charge is 1.91. The van der Waals surface area contributed by atoms with Crippen LogP contribution < -0.4 is 11.1 Å². The molecule has 0 saturated carbocycles. The van der Waals surface area contributed by atoms with Crippen LogP contribution in [-0.2, 0) is 9.47 Å². The number of benzene rings is 1. The van der Waals surface area contributed by atoms with E-state index in [0.29, 0.717) is 33.0 Å². The normalized spacial score (nSPS) is 10.3. The van der Waals surface area contributed by atoms with Gasteiger partial charge in [0.25, 0.3) is 0 Å². The Morgan fingerprint density at radius 1 is 0.938 bits per heavy atom. The van der Waals surface area contributed by atoms with Crippen molar-refractivity contribution in [3.63, 3.8) is 0 Å². The fourth-order valence-corrected chi connectivity index (χ4v) is 1.23. The lowest BCUT2D eigenvalue weighted by molar-refractivity contribution is 0.0548. The molecule has 3 N–H and O–H groups in total. The van der Waals surface area contributed by atoms with Gasteiger partial charge < -0.3 is 20.5 Å². The predicted octanol–water partition coefficient (Wildman–Crippen LogP) is 1.09. The Bertz CT molecular complexity index is 254. The highest BCUT2D eigenvalue weighted by Crippen LogP contribution is 2.03. The van der Waals surface area contributed by atoms with Crippen molar-refractivity contribution in [2.24, 2.45) is 5.73 Å². The molecular formula is C12H20N2O2. The Kier molecular flexibility index (Phi) is 7.42. The van der Waals surface area contributed by atoms with Gasteiger partial charge in [0.1, 0.15) is 0 Å². The van der Waals surface area contributed by atoms with E-state index in [4.69, 9.17) is 15.2 Å². The van der Waals surface area contributed by atoms with Gasteiger partial charge in [0.2, 0.25) is 0 Å². The number of hydrogen-bond donors (Lipinski definition) is 2. The SMILES string of the molecule is NCCOCCOCCNc1ccccc1. The van der Waals surface area contributed by atoms with E-state index in [1.807, 2.05) is 30.3 Å². The average molecular weight is 224 g/mol. The summed E-state index contributed by atoms with van der Waals surface area (Å²) in [5, 5.41) is 3.26. The van der Waals surface area contributed by atoms with Crippen molar-refractivity contribution in [3.8, 4) is 0 Å². The van der Waals surface area contributed by atoms with Gasteiger partial charge in [-0.15, -0.1) is 0 Å². The van der Waals surface area contributed by atoms with Crippen LogP contribution >= 0.6 is 0 Å². The van der Waals surface area contributed by atoms with Crippen LogP contribution in [0.5, 0.6) is 0 Å². The fraction of sp³-hybridized carbons (Fsp3) is 0.500. The summed E-state index contributed by atoms with van der Waals surface area (Å²) in [6, 6.07) is 10.1. The molecule has 0 fully saturated rings. The van der Waals surface area contributed by atoms with Crippen LogP contribution in [-0.4, -0.2) is 39.5 Å². The van der Waals surface area contributed by atoms with E-state index in [-0.39, 0.29) is 0 Å². The third-order valence-corrected chi connectivity index (χ3v) is 1.98. The molecule has 0 atom stereocenters. The van der Waals surface area contributed by atoms with Gasteiger partial charge in [-0.3, -0.25) is 0 Å². The minimum Gasteiger partial charge on any atom is -0.383 e. The van der Waals surface area contributed by atoms with Crippen molar-refractivity contribution < 1.29 is 9.47 Å². The summed E-state index contributed by atoms with van der Waals surface area (Å²) in [5.41, 5.74) is 6.40. The number of rotatable bonds is 9. The van der Waals surface area contributed by atoms with Gasteiger partial charge in [-0.1, -0.05) is 18.2 Å². The maximum atomic E-state index is 5.37. The van der Waals surface area contributed by atoms with Gasteiger partial charge in [0.05, 0.1) is 26.4 Å². The predicted molar refractivity (Wildman–Crippen MR) is 65.6 cm³/mol. The van der Waals surface area contributed by atoms with Crippen molar-refractivity contribution in [1.82, 2.24) is 0 Å². The second kappa shape index (κ2) is 9.15. The zero-order valence-corrected chi connectivity index (χ0v) is 9.52. The lowest BCUT2D eigenvalue weighted by Gasteiger charge is -2.07. The first-order valence-corrected chi connectivity index (χ1v) is 5.58. The largest absolute Gasteiger partial charge is 0.383 e. The van der Waals surface area contributed by atoms with Gasteiger partial charge >= 0.3 is 0 Å². The molecule has 4 heteroatoms. The number of nitrogens with two attached hydrogens (primary N) is 1. The molecule has 4 nitrogen and oxygen atoms in total. The Morgan fingerprint density at radius 3 is 2.31 bits per heavy atom. The Hall–Kier alpha value is -1.10. The smallest absolute Gasteiger partial charge is 0.0701 e. The standard InChI is InChI=1S/C12H20N2O2/c13-6-8-15-10-11-16-9-7-14-12-4-2-1-3-5-12/h1-5,14H,6-11,13H2. The van der Waals surface area contributed by atoms with Crippen LogP contribution in [0.15, 0.2) is 30.3 Å². The molecule has 1 rings (SSSR count). The van der Waals surface area contributed by atoms with E-state index >= 15 is 0 Å². The van der Waals surface area contributed by atoms with E-state index in [9.17, 15) is 0 Å². The maximum absolute atomic E-state index is 5.37. The molecule has 16 heavy (non-hydrogen) atoms. The van der Waals surface area contributed by atoms with Crippen LogP contribution in [0.1, 0.15) is 0 Å². The highest BCUT2D eigenvalue weighted by atomic mass is 16.5. The summed E-state index contributed by atoms with van der Waals surface area (Å²) >= 11 is 0. The van der Waals surface area contributed by atoms with E-state index in [1.165, 1.54) is 0 Å². The third-order valence-electron chi connectivity index (χ3n) is 1.98. The quantitative estimate of drug-likeness (QED) is 0.616. The summed E-state index contributed by atoms with van der Waals surface area (Å²) < 4.78 is 10.6. The minimum absolute atomic E-state index is 0.565. The molecule has 0 aliphatic rings. The topological polar surface area (TPSA) is 56.5 Å². The second-order valence-corrected chi connectivity index (χ2v) is 3.31. The molecule has 90 valence electrons. The Balaban J connectivity index is 1.89. The molecular weight excluding hydrogens is 204 g/mol.